The molecule has 4 nitrogen and oxygen atoms in total. The van der Waals surface area contributed by atoms with E-state index in [0.717, 1.165) is 36.9 Å². The first kappa shape index (κ1) is 16.5. The van der Waals surface area contributed by atoms with Gasteiger partial charge in [-0.25, -0.2) is 0 Å². The quantitative estimate of drug-likeness (QED) is 0.310. The fourth-order valence-corrected chi connectivity index (χ4v) is 2.52. The van der Waals surface area contributed by atoms with E-state index in [1.165, 1.54) is 5.56 Å². The maximum absolute atomic E-state index is 8.70. The van der Waals surface area contributed by atoms with Crippen LogP contribution in [0.25, 0.3) is 0 Å². The molecule has 1 rings (SSSR count). The summed E-state index contributed by atoms with van der Waals surface area (Å²) in [7, 11) is 0. The van der Waals surface area contributed by atoms with E-state index in [1.54, 1.807) is 0 Å². The first-order valence-electron chi connectivity index (χ1n) is 7.34. The number of oxime groups is 1. The lowest BCUT2D eigenvalue weighted by molar-refractivity contribution is 0.288. The van der Waals surface area contributed by atoms with Gasteiger partial charge in [0.15, 0.2) is 5.84 Å². The Morgan fingerprint density at radius 3 is 2.30 bits per heavy atom. The smallest absolute Gasteiger partial charge is 0.170 e. The lowest BCUT2D eigenvalue weighted by Crippen LogP contribution is -2.43. The summed E-state index contributed by atoms with van der Waals surface area (Å²) in [4.78, 5) is 0. The molecule has 0 saturated carbocycles. The molecule has 4 heteroatoms. The van der Waals surface area contributed by atoms with Crippen LogP contribution in [0.2, 0.25) is 0 Å². The van der Waals surface area contributed by atoms with Crippen molar-refractivity contribution in [1.82, 2.24) is 5.32 Å². The van der Waals surface area contributed by atoms with Crippen LogP contribution in [-0.2, 0) is 6.54 Å². The Kier molecular flexibility index (Phi) is 6.02. The second-order valence-corrected chi connectivity index (χ2v) is 5.32. The number of nitrogens with zero attached hydrogens (tertiary/aromatic N) is 1. The van der Waals surface area contributed by atoms with Gasteiger partial charge in [0.25, 0.3) is 0 Å². The molecule has 0 unspecified atom stereocenters. The van der Waals surface area contributed by atoms with E-state index in [1.807, 2.05) is 18.2 Å². The van der Waals surface area contributed by atoms with Crippen molar-refractivity contribution in [2.24, 2.45) is 10.9 Å². The molecule has 20 heavy (non-hydrogen) atoms. The highest BCUT2D eigenvalue weighted by molar-refractivity contribution is 5.97. The van der Waals surface area contributed by atoms with Crippen LogP contribution >= 0.6 is 0 Å². The minimum Gasteiger partial charge on any atom is -0.409 e. The maximum Gasteiger partial charge on any atom is 0.170 e. The molecule has 0 fully saturated rings. The third-order valence-corrected chi connectivity index (χ3v) is 4.43. The first-order valence-corrected chi connectivity index (χ1v) is 7.34. The van der Waals surface area contributed by atoms with E-state index in [0.29, 0.717) is 0 Å². The summed E-state index contributed by atoms with van der Waals surface area (Å²) in [6.45, 7) is 9.59. The Morgan fingerprint density at radius 1 is 1.25 bits per heavy atom. The van der Waals surface area contributed by atoms with Crippen LogP contribution in [0.4, 0.5) is 0 Å². The van der Waals surface area contributed by atoms with Crippen molar-refractivity contribution in [1.29, 1.82) is 0 Å². The highest BCUT2D eigenvalue weighted by Gasteiger charge is 2.22. The van der Waals surface area contributed by atoms with Gasteiger partial charge in [-0.15, -0.1) is 0 Å². The van der Waals surface area contributed by atoms with E-state index in [-0.39, 0.29) is 11.4 Å². The molecule has 0 amide bonds. The van der Waals surface area contributed by atoms with E-state index in [9.17, 15) is 0 Å². The number of hydrogen-bond donors (Lipinski definition) is 3. The van der Waals surface area contributed by atoms with E-state index >= 15 is 0 Å². The number of rotatable bonds is 7. The molecular weight excluding hydrogens is 250 g/mol. The van der Waals surface area contributed by atoms with Crippen molar-refractivity contribution < 1.29 is 5.21 Å². The average molecular weight is 277 g/mol. The molecule has 0 aliphatic carbocycles. The van der Waals surface area contributed by atoms with Gasteiger partial charge in [-0.2, -0.15) is 0 Å². The molecule has 112 valence electrons. The zero-order valence-electron chi connectivity index (χ0n) is 13.0. The van der Waals surface area contributed by atoms with Crippen molar-refractivity contribution in [3.05, 3.63) is 34.9 Å². The van der Waals surface area contributed by atoms with Crippen molar-refractivity contribution in [2.45, 2.75) is 59.0 Å². The van der Waals surface area contributed by atoms with E-state index in [4.69, 9.17) is 10.9 Å². The van der Waals surface area contributed by atoms with Crippen LogP contribution in [0.15, 0.2) is 23.4 Å². The topological polar surface area (TPSA) is 70.6 Å². The Hall–Kier alpha value is -1.55. The molecular formula is C16H27N3O. The Bertz CT molecular complexity index is 457. The molecule has 0 heterocycles. The van der Waals surface area contributed by atoms with Crippen molar-refractivity contribution >= 4 is 5.84 Å². The number of amidine groups is 1. The minimum atomic E-state index is 0.151. The molecule has 0 spiro atoms. The fraction of sp³-hybridized carbons (Fsp3) is 0.562. The highest BCUT2D eigenvalue weighted by Crippen LogP contribution is 2.21. The monoisotopic (exact) mass is 277 g/mol. The van der Waals surface area contributed by atoms with Crippen LogP contribution in [0.3, 0.4) is 0 Å². The molecule has 0 aliphatic heterocycles. The zero-order chi connectivity index (χ0) is 15.2. The van der Waals surface area contributed by atoms with Crippen LogP contribution in [-0.4, -0.2) is 16.6 Å². The highest BCUT2D eigenvalue weighted by atomic mass is 16.4. The molecule has 0 atom stereocenters. The second kappa shape index (κ2) is 7.29. The van der Waals surface area contributed by atoms with Crippen LogP contribution in [0, 0.1) is 6.92 Å². The normalized spacial score (nSPS) is 12.7. The predicted octanol–water partition coefficient (Wildman–Crippen LogP) is 3.15. The van der Waals surface area contributed by atoms with Gasteiger partial charge < -0.3 is 16.3 Å². The largest absolute Gasteiger partial charge is 0.409 e. The van der Waals surface area contributed by atoms with Gasteiger partial charge in [-0.1, -0.05) is 38.1 Å². The van der Waals surface area contributed by atoms with Crippen LogP contribution in [0.5, 0.6) is 0 Å². The van der Waals surface area contributed by atoms with Gasteiger partial charge in [0.2, 0.25) is 0 Å². The number of nitrogens with one attached hydrogen (secondary N) is 1. The van der Waals surface area contributed by atoms with E-state index < -0.39 is 0 Å². The van der Waals surface area contributed by atoms with Crippen LogP contribution < -0.4 is 11.1 Å². The molecule has 4 N–H and O–H groups in total. The van der Waals surface area contributed by atoms with Crippen molar-refractivity contribution in [3.8, 4) is 0 Å². The van der Waals surface area contributed by atoms with Gasteiger partial charge in [0.1, 0.15) is 0 Å². The Labute approximate surface area is 122 Å². The molecule has 0 radical (unpaired) electrons. The molecule has 0 saturated heterocycles. The van der Waals surface area contributed by atoms with E-state index in [2.05, 4.69) is 38.2 Å². The second-order valence-electron chi connectivity index (χ2n) is 5.32. The fourth-order valence-electron chi connectivity index (χ4n) is 2.52. The average Bonchev–Trinajstić information content (AvgIpc) is 2.49. The number of benzene rings is 1. The number of nitrogens with two attached hydrogens (primary N) is 1. The maximum atomic E-state index is 8.70. The summed E-state index contributed by atoms with van der Waals surface area (Å²) in [5, 5.41) is 15.4. The predicted molar refractivity (Wildman–Crippen MR) is 84.1 cm³/mol. The zero-order valence-corrected chi connectivity index (χ0v) is 13.0. The van der Waals surface area contributed by atoms with Gasteiger partial charge >= 0.3 is 0 Å². The summed E-state index contributed by atoms with van der Waals surface area (Å²) < 4.78 is 0. The third kappa shape index (κ3) is 3.73. The summed E-state index contributed by atoms with van der Waals surface area (Å²) in [5.74, 6) is 0.151. The standard InChI is InChI=1S/C16H27N3O/c1-5-16(6-2,7-3)18-11-14-9-8-13(10-12(14)4)15(17)19-20/h8-10,18,20H,5-7,11H2,1-4H3,(H2,17,19). The third-order valence-electron chi connectivity index (χ3n) is 4.43. The van der Waals surface area contributed by atoms with Crippen LogP contribution in [0.1, 0.15) is 56.7 Å². The Morgan fingerprint density at radius 2 is 1.85 bits per heavy atom. The van der Waals surface area contributed by atoms with Crippen molar-refractivity contribution in [2.75, 3.05) is 0 Å². The molecule has 0 aromatic heterocycles. The van der Waals surface area contributed by atoms with Gasteiger partial charge in [0, 0.05) is 17.6 Å². The molecule has 0 bridgehead atoms. The summed E-state index contributed by atoms with van der Waals surface area (Å²) in [5.41, 5.74) is 8.98. The number of aryl methyl sites for hydroxylation is 1. The van der Waals surface area contributed by atoms with Crippen molar-refractivity contribution in [3.63, 3.8) is 0 Å². The lowest BCUT2D eigenvalue weighted by Gasteiger charge is -2.32. The lowest BCUT2D eigenvalue weighted by atomic mass is 9.89. The summed E-state index contributed by atoms with van der Waals surface area (Å²) in [6, 6.07) is 5.89. The molecule has 1 aromatic carbocycles. The number of hydrogen-bond acceptors (Lipinski definition) is 3. The van der Waals surface area contributed by atoms with Gasteiger partial charge in [0.05, 0.1) is 0 Å². The summed E-state index contributed by atoms with van der Waals surface area (Å²) >= 11 is 0. The summed E-state index contributed by atoms with van der Waals surface area (Å²) in [6.07, 6.45) is 3.38. The molecule has 0 aliphatic rings. The first-order chi connectivity index (χ1) is 9.51. The molecule has 1 aromatic rings. The minimum absolute atomic E-state index is 0.151. The Balaban J connectivity index is 2.84. The van der Waals surface area contributed by atoms with Gasteiger partial charge in [-0.05, 0) is 43.4 Å². The van der Waals surface area contributed by atoms with Gasteiger partial charge in [-0.3, -0.25) is 0 Å². The SMILES string of the molecule is CCC(CC)(CC)NCc1ccc(/C(N)=N/O)cc1C.